The molecule has 0 spiro atoms. The molecule has 2 atom stereocenters. The van der Waals surface area contributed by atoms with Crippen molar-refractivity contribution in [3.8, 4) is 22.6 Å². The summed E-state index contributed by atoms with van der Waals surface area (Å²) in [4.78, 5) is 24.4. The number of piperazine rings is 1. The second kappa shape index (κ2) is 7.84. The van der Waals surface area contributed by atoms with Crippen molar-refractivity contribution in [3.63, 3.8) is 0 Å². The van der Waals surface area contributed by atoms with Crippen molar-refractivity contribution in [1.29, 1.82) is 0 Å². The van der Waals surface area contributed by atoms with Crippen LogP contribution in [0.25, 0.3) is 22.0 Å². The molecule has 1 fully saturated rings. The van der Waals surface area contributed by atoms with Crippen molar-refractivity contribution in [2.45, 2.75) is 19.0 Å². The minimum atomic E-state index is -0.890. The summed E-state index contributed by atoms with van der Waals surface area (Å²) in [6, 6.07) is 3.21. The third kappa shape index (κ3) is 3.18. The summed E-state index contributed by atoms with van der Waals surface area (Å²) in [7, 11) is 0. The van der Waals surface area contributed by atoms with Crippen LogP contribution in [0.1, 0.15) is 6.92 Å². The van der Waals surface area contributed by atoms with Gasteiger partial charge in [-0.2, -0.15) is 0 Å². The Balaban J connectivity index is 1.73. The van der Waals surface area contributed by atoms with E-state index >= 15 is 4.39 Å². The molecule has 10 heteroatoms. The van der Waals surface area contributed by atoms with Crippen LogP contribution in [-0.4, -0.2) is 57.7 Å². The monoisotopic (exact) mass is 472 g/mol. The molecule has 1 saturated heterocycles. The predicted molar refractivity (Wildman–Crippen MR) is 120 cm³/mol. The van der Waals surface area contributed by atoms with Gasteiger partial charge in [-0.3, -0.25) is 4.79 Å². The van der Waals surface area contributed by atoms with E-state index < -0.39 is 17.4 Å². The van der Waals surface area contributed by atoms with Crippen molar-refractivity contribution < 1.29 is 23.4 Å². The molecular formula is C23H19ClF2N4O3. The van der Waals surface area contributed by atoms with Crippen molar-refractivity contribution >= 4 is 34.2 Å². The standard InChI is InChI=1S/C23H19ClF2N4O3/c1-3-15(32)29-8-12-9-33-22-18-21(27-10-28-23(18)30(12)7-11(29)2)20(26)17(19(22)24)16-13(25)5-4-6-14(16)31/h3-6,10-12,31H,1,7-9H2,2H3/t11-,12?/m0/s1. The molecule has 2 aromatic carbocycles. The largest absolute Gasteiger partial charge is 0.507 e. The van der Waals surface area contributed by atoms with E-state index in [-0.39, 0.29) is 57.4 Å². The fourth-order valence-corrected chi connectivity index (χ4v) is 4.89. The third-order valence-electron chi connectivity index (χ3n) is 6.13. The first kappa shape index (κ1) is 21.4. The van der Waals surface area contributed by atoms with Crippen LogP contribution in [0, 0.1) is 11.6 Å². The van der Waals surface area contributed by atoms with Gasteiger partial charge in [0.05, 0.1) is 22.0 Å². The van der Waals surface area contributed by atoms with E-state index in [1.807, 2.05) is 11.8 Å². The highest BCUT2D eigenvalue weighted by Crippen LogP contribution is 2.49. The average Bonchev–Trinajstić information content (AvgIpc) is 2.96. The van der Waals surface area contributed by atoms with Gasteiger partial charge in [-0.25, -0.2) is 18.7 Å². The number of fused-ring (bicyclic) bond motifs is 2. The fourth-order valence-electron chi connectivity index (χ4n) is 4.57. The Morgan fingerprint density at radius 1 is 1.30 bits per heavy atom. The van der Waals surface area contributed by atoms with Gasteiger partial charge in [0.1, 0.15) is 35.8 Å². The van der Waals surface area contributed by atoms with Crippen LogP contribution in [0.15, 0.2) is 37.2 Å². The lowest BCUT2D eigenvalue weighted by atomic mass is 10.00. The van der Waals surface area contributed by atoms with E-state index in [2.05, 4.69) is 16.5 Å². The van der Waals surface area contributed by atoms with Gasteiger partial charge in [-0.15, -0.1) is 0 Å². The zero-order valence-electron chi connectivity index (χ0n) is 17.6. The molecule has 1 aromatic heterocycles. The second-order valence-corrected chi connectivity index (χ2v) is 8.43. The van der Waals surface area contributed by atoms with Gasteiger partial charge in [-0.1, -0.05) is 24.2 Å². The first-order chi connectivity index (χ1) is 15.8. The van der Waals surface area contributed by atoms with Gasteiger partial charge < -0.3 is 19.6 Å². The molecule has 1 amide bonds. The zero-order valence-corrected chi connectivity index (χ0v) is 18.3. The molecule has 3 aromatic rings. The molecule has 3 heterocycles. The lowest BCUT2D eigenvalue weighted by Crippen LogP contribution is -2.60. The van der Waals surface area contributed by atoms with Crippen LogP contribution >= 0.6 is 11.6 Å². The summed E-state index contributed by atoms with van der Waals surface area (Å²) < 4.78 is 36.4. The SMILES string of the molecule is C=CC(=O)N1CC2COc3c(Cl)c(-c4c(O)cccc4F)c(F)c4ncnc(c34)N2C[C@@H]1C. The molecule has 0 aliphatic carbocycles. The maximum absolute atomic E-state index is 15.8. The number of carbonyl (C=O) groups excluding carboxylic acids is 1. The molecule has 2 aliphatic heterocycles. The van der Waals surface area contributed by atoms with Crippen molar-refractivity contribution in [2.75, 3.05) is 24.6 Å². The number of hydrogen-bond acceptors (Lipinski definition) is 6. The maximum Gasteiger partial charge on any atom is 0.246 e. The topological polar surface area (TPSA) is 78.8 Å². The number of amides is 1. The molecule has 5 rings (SSSR count). The number of anilines is 1. The molecule has 170 valence electrons. The number of phenols is 1. The number of carbonyl (C=O) groups is 1. The number of benzene rings is 2. The number of nitrogens with zero attached hydrogens (tertiary/aromatic N) is 4. The highest BCUT2D eigenvalue weighted by atomic mass is 35.5. The minimum Gasteiger partial charge on any atom is -0.507 e. The predicted octanol–water partition coefficient (Wildman–Crippen LogP) is 3.92. The lowest BCUT2D eigenvalue weighted by molar-refractivity contribution is -0.129. The van der Waals surface area contributed by atoms with Gasteiger partial charge in [0, 0.05) is 24.7 Å². The highest BCUT2D eigenvalue weighted by molar-refractivity contribution is 6.36. The van der Waals surface area contributed by atoms with Gasteiger partial charge in [0.2, 0.25) is 5.91 Å². The van der Waals surface area contributed by atoms with Crippen LogP contribution in [0.2, 0.25) is 5.02 Å². The normalized spacial score (nSPS) is 19.6. The van der Waals surface area contributed by atoms with E-state index in [9.17, 15) is 14.3 Å². The zero-order chi connectivity index (χ0) is 23.4. The highest BCUT2D eigenvalue weighted by Gasteiger charge is 2.39. The van der Waals surface area contributed by atoms with E-state index in [1.165, 1.54) is 24.5 Å². The van der Waals surface area contributed by atoms with Crippen LogP contribution < -0.4 is 9.64 Å². The summed E-state index contributed by atoms with van der Waals surface area (Å²) in [6.45, 7) is 6.35. The first-order valence-electron chi connectivity index (χ1n) is 10.3. The molecule has 2 aliphatic rings. The van der Waals surface area contributed by atoms with E-state index in [0.29, 0.717) is 18.9 Å². The molecule has 0 saturated carbocycles. The molecule has 7 nitrogen and oxygen atoms in total. The number of halogens is 3. The fraction of sp³-hybridized carbons (Fsp3) is 0.261. The van der Waals surface area contributed by atoms with Crippen molar-refractivity contribution in [3.05, 3.63) is 53.8 Å². The summed E-state index contributed by atoms with van der Waals surface area (Å²) in [5.74, 6) is -1.87. The lowest BCUT2D eigenvalue weighted by Gasteiger charge is -2.44. The number of aromatic nitrogens is 2. The average molecular weight is 473 g/mol. The van der Waals surface area contributed by atoms with Gasteiger partial charge >= 0.3 is 0 Å². The van der Waals surface area contributed by atoms with Crippen molar-refractivity contribution in [1.82, 2.24) is 14.9 Å². The Labute approximate surface area is 192 Å². The summed E-state index contributed by atoms with van der Waals surface area (Å²) >= 11 is 6.58. The second-order valence-electron chi connectivity index (χ2n) is 8.05. The number of ether oxygens (including phenoxy) is 1. The smallest absolute Gasteiger partial charge is 0.246 e. The maximum atomic E-state index is 15.8. The quantitative estimate of drug-likeness (QED) is 0.570. The molecule has 1 N–H and O–H groups in total. The summed E-state index contributed by atoms with van der Waals surface area (Å²) in [6.07, 6.45) is 2.48. The van der Waals surface area contributed by atoms with Gasteiger partial charge in [0.25, 0.3) is 0 Å². The summed E-state index contributed by atoms with van der Waals surface area (Å²) in [5.41, 5.74) is -0.814. The van der Waals surface area contributed by atoms with E-state index in [4.69, 9.17) is 16.3 Å². The van der Waals surface area contributed by atoms with Crippen LogP contribution in [0.4, 0.5) is 14.6 Å². The molecule has 0 radical (unpaired) electrons. The van der Waals surface area contributed by atoms with Crippen molar-refractivity contribution in [2.24, 2.45) is 0 Å². The molecule has 1 unspecified atom stereocenters. The first-order valence-corrected chi connectivity index (χ1v) is 10.7. The Morgan fingerprint density at radius 3 is 2.82 bits per heavy atom. The van der Waals surface area contributed by atoms with Crippen LogP contribution in [0.5, 0.6) is 11.5 Å². The Hall–Kier alpha value is -3.46. The summed E-state index contributed by atoms with van der Waals surface area (Å²) in [5, 5.41) is 10.3. The Bertz CT molecular complexity index is 1300. The Kier molecular flexibility index (Phi) is 5.08. The number of rotatable bonds is 2. The van der Waals surface area contributed by atoms with E-state index in [1.54, 1.807) is 4.90 Å². The minimum absolute atomic E-state index is 0.102. The van der Waals surface area contributed by atoms with Crippen LogP contribution in [-0.2, 0) is 4.79 Å². The number of aromatic hydroxyl groups is 1. The Morgan fingerprint density at radius 2 is 2.09 bits per heavy atom. The number of phenolic OH excluding ortho intramolecular Hbond substituents is 1. The van der Waals surface area contributed by atoms with Gasteiger partial charge in [-0.05, 0) is 25.1 Å². The molecular weight excluding hydrogens is 454 g/mol. The molecule has 0 bridgehead atoms. The van der Waals surface area contributed by atoms with Crippen LogP contribution in [0.3, 0.4) is 0 Å². The number of hydrogen-bond donors (Lipinski definition) is 1. The van der Waals surface area contributed by atoms with Gasteiger partial charge in [0.15, 0.2) is 11.6 Å². The molecule has 33 heavy (non-hydrogen) atoms. The third-order valence-corrected chi connectivity index (χ3v) is 6.49. The van der Waals surface area contributed by atoms with E-state index in [0.717, 1.165) is 6.07 Å².